The minimum Gasteiger partial charge on any atom is -0.464 e. The van der Waals surface area contributed by atoms with E-state index in [1.165, 1.54) is 12.4 Å². The molecule has 0 amide bonds. The second kappa shape index (κ2) is 9.01. The molecule has 0 unspecified atom stereocenters. The Hall–Kier alpha value is -1.98. The van der Waals surface area contributed by atoms with E-state index in [-0.39, 0.29) is 12.5 Å². The van der Waals surface area contributed by atoms with Crippen molar-refractivity contribution in [3.63, 3.8) is 0 Å². The van der Waals surface area contributed by atoms with Crippen LogP contribution in [-0.4, -0.2) is 42.4 Å². The Morgan fingerprint density at radius 1 is 1.30 bits per heavy atom. The Labute approximate surface area is 119 Å². The molecule has 6 nitrogen and oxygen atoms in total. The van der Waals surface area contributed by atoms with Gasteiger partial charge in [0, 0.05) is 19.4 Å². The van der Waals surface area contributed by atoms with Crippen LogP contribution in [-0.2, 0) is 9.53 Å². The summed E-state index contributed by atoms with van der Waals surface area (Å²) in [4.78, 5) is 31.7. The lowest BCUT2D eigenvalue weighted by Crippen LogP contribution is -2.28. The van der Waals surface area contributed by atoms with Gasteiger partial charge in [0.15, 0.2) is 6.29 Å². The first-order valence-corrected chi connectivity index (χ1v) is 6.81. The molecule has 1 aromatic rings. The maximum Gasteiger partial charge on any atom is 0.325 e. The predicted molar refractivity (Wildman–Crippen MR) is 75.8 cm³/mol. The van der Waals surface area contributed by atoms with Gasteiger partial charge >= 0.3 is 5.97 Å². The highest BCUT2D eigenvalue weighted by molar-refractivity contribution is 5.75. The van der Waals surface area contributed by atoms with E-state index < -0.39 is 0 Å². The molecule has 0 radical (unpaired) electrons. The summed E-state index contributed by atoms with van der Waals surface area (Å²) in [6, 6.07) is 0. The first-order valence-electron chi connectivity index (χ1n) is 6.81. The van der Waals surface area contributed by atoms with Crippen molar-refractivity contribution in [3.05, 3.63) is 18.0 Å². The molecule has 20 heavy (non-hydrogen) atoms. The third kappa shape index (κ3) is 5.77. The van der Waals surface area contributed by atoms with Gasteiger partial charge in [-0.05, 0) is 6.42 Å². The molecule has 1 rings (SSSR count). The monoisotopic (exact) mass is 279 g/mol. The van der Waals surface area contributed by atoms with Crippen LogP contribution in [0.1, 0.15) is 43.0 Å². The molecule has 110 valence electrons. The number of nitrogens with zero attached hydrogens (tertiary/aromatic N) is 3. The maximum atomic E-state index is 11.6. The van der Waals surface area contributed by atoms with Crippen molar-refractivity contribution in [2.24, 2.45) is 0 Å². The molecule has 0 fully saturated rings. The average Bonchev–Trinajstić information content (AvgIpc) is 2.47. The normalized spacial score (nSPS) is 10.1. The van der Waals surface area contributed by atoms with Crippen molar-refractivity contribution in [1.29, 1.82) is 0 Å². The number of likely N-dealkylation sites (N-methyl/N-ethyl adjacent to an activating group) is 1. The summed E-state index contributed by atoms with van der Waals surface area (Å²) in [6.45, 7) is 2.68. The lowest BCUT2D eigenvalue weighted by Gasteiger charge is -2.15. The van der Waals surface area contributed by atoms with E-state index in [4.69, 9.17) is 4.74 Å². The van der Waals surface area contributed by atoms with Gasteiger partial charge in [-0.2, -0.15) is 0 Å². The fourth-order valence-electron chi connectivity index (χ4n) is 1.61. The maximum absolute atomic E-state index is 11.6. The minimum atomic E-state index is -0.299. The van der Waals surface area contributed by atoms with Crippen LogP contribution in [0.2, 0.25) is 0 Å². The summed E-state index contributed by atoms with van der Waals surface area (Å²) >= 11 is 0. The fourth-order valence-corrected chi connectivity index (χ4v) is 1.61. The number of ether oxygens (including phenoxy) is 1. The summed E-state index contributed by atoms with van der Waals surface area (Å²) in [5, 5.41) is 0. The number of carbonyl (C=O) groups is 2. The Balaban J connectivity index is 2.31. The largest absolute Gasteiger partial charge is 0.464 e. The molecule has 0 atom stereocenters. The van der Waals surface area contributed by atoms with Gasteiger partial charge < -0.3 is 9.64 Å². The Bertz CT molecular complexity index is 420. The summed E-state index contributed by atoms with van der Waals surface area (Å²) < 4.78 is 5.13. The molecule has 0 aliphatic heterocycles. The topological polar surface area (TPSA) is 72.4 Å². The van der Waals surface area contributed by atoms with Gasteiger partial charge in [-0.25, -0.2) is 9.97 Å². The van der Waals surface area contributed by atoms with Crippen LogP contribution in [0, 0.1) is 0 Å². The van der Waals surface area contributed by atoms with Gasteiger partial charge in [0.25, 0.3) is 0 Å². The standard InChI is InChI=1S/C14H21N3O3/c1-3-4-5-6-7-20-13(19)10-17(2)14-15-8-12(11-18)9-16-14/h8-9,11H,3-7,10H2,1-2H3. The van der Waals surface area contributed by atoms with E-state index in [0.717, 1.165) is 25.7 Å². The number of unbranched alkanes of at least 4 members (excludes halogenated alkanes) is 3. The van der Waals surface area contributed by atoms with Crippen molar-refractivity contribution in [2.45, 2.75) is 32.6 Å². The van der Waals surface area contributed by atoms with Gasteiger partial charge in [0.05, 0.1) is 12.2 Å². The molecule has 0 N–H and O–H groups in total. The number of rotatable bonds is 9. The third-order valence-electron chi connectivity index (χ3n) is 2.76. The van der Waals surface area contributed by atoms with Gasteiger partial charge in [-0.1, -0.05) is 26.2 Å². The number of esters is 1. The molecule has 0 aliphatic rings. The average molecular weight is 279 g/mol. The number of hydrogen-bond donors (Lipinski definition) is 0. The zero-order valence-corrected chi connectivity index (χ0v) is 12.0. The van der Waals surface area contributed by atoms with Gasteiger partial charge in [-0.15, -0.1) is 0 Å². The van der Waals surface area contributed by atoms with Crippen LogP contribution < -0.4 is 4.90 Å². The molecule has 1 heterocycles. The molecular weight excluding hydrogens is 258 g/mol. The summed E-state index contributed by atoms with van der Waals surface area (Å²) in [5.74, 6) is 0.0885. The molecule has 1 aromatic heterocycles. The SMILES string of the molecule is CCCCCCOC(=O)CN(C)c1ncc(C=O)cn1. The Morgan fingerprint density at radius 2 is 2.00 bits per heavy atom. The van der Waals surface area contributed by atoms with E-state index in [0.29, 0.717) is 24.4 Å². The smallest absolute Gasteiger partial charge is 0.325 e. The van der Waals surface area contributed by atoms with E-state index in [2.05, 4.69) is 16.9 Å². The molecule has 0 spiro atoms. The lowest BCUT2D eigenvalue weighted by atomic mass is 10.2. The lowest BCUT2D eigenvalue weighted by molar-refractivity contribution is -0.142. The quantitative estimate of drug-likeness (QED) is 0.390. The van der Waals surface area contributed by atoms with Crippen molar-refractivity contribution < 1.29 is 14.3 Å². The second-order valence-electron chi connectivity index (χ2n) is 4.57. The van der Waals surface area contributed by atoms with Crippen LogP contribution >= 0.6 is 0 Å². The zero-order valence-electron chi connectivity index (χ0n) is 12.0. The van der Waals surface area contributed by atoms with E-state index in [1.54, 1.807) is 11.9 Å². The van der Waals surface area contributed by atoms with Crippen molar-refractivity contribution in [2.75, 3.05) is 25.1 Å². The second-order valence-corrected chi connectivity index (χ2v) is 4.57. The number of aldehydes is 1. The van der Waals surface area contributed by atoms with Gasteiger partial charge in [0.1, 0.15) is 6.54 Å². The van der Waals surface area contributed by atoms with E-state index >= 15 is 0 Å². The van der Waals surface area contributed by atoms with E-state index in [1.807, 2.05) is 0 Å². The first kappa shape index (κ1) is 16.1. The van der Waals surface area contributed by atoms with Crippen LogP contribution in [0.3, 0.4) is 0 Å². The number of anilines is 1. The molecule has 0 aromatic carbocycles. The highest BCUT2D eigenvalue weighted by Gasteiger charge is 2.10. The van der Waals surface area contributed by atoms with Gasteiger partial charge in [0.2, 0.25) is 5.95 Å². The molecule has 6 heteroatoms. The highest BCUT2D eigenvalue weighted by Crippen LogP contribution is 2.04. The molecule has 0 saturated carbocycles. The summed E-state index contributed by atoms with van der Waals surface area (Å²) in [6.07, 6.45) is 7.81. The Morgan fingerprint density at radius 3 is 2.60 bits per heavy atom. The third-order valence-corrected chi connectivity index (χ3v) is 2.76. The van der Waals surface area contributed by atoms with Gasteiger partial charge in [-0.3, -0.25) is 9.59 Å². The van der Waals surface area contributed by atoms with Crippen molar-refractivity contribution >= 4 is 18.2 Å². The predicted octanol–water partition coefficient (Wildman–Crippen LogP) is 1.85. The van der Waals surface area contributed by atoms with Crippen LogP contribution in [0.4, 0.5) is 5.95 Å². The van der Waals surface area contributed by atoms with Crippen molar-refractivity contribution in [3.8, 4) is 0 Å². The first-order chi connectivity index (χ1) is 9.67. The number of carbonyl (C=O) groups excluding carboxylic acids is 2. The van der Waals surface area contributed by atoms with E-state index in [9.17, 15) is 9.59 Å². The van der Waals surface area contributed by atoms with Crippen LogP contribution in [0.5, 0.6) is 0 Å². The summed E-state index contributed by atoms with van der Waals surface area (Å²) in [5.41, 5.74) is 0.403. The minimum absolute atomic E-state index is 0.0915. The molecule has 0 aliphatic carbocycles. The molecule has 0 bridgehead atoms. The zero-order chi connectivity index (χ0) is 14.8. The van der Waals surface area contributed by atoms with Crippen LogP contribution in [0.25, 0.3) is 0 Å². The highest BCUT2D eigenvalue weighted by atomic mass is 16.5. The Kier molecular flexibility index (Phi) is 7.24. The molecule has 0 saturated heterocycles. The summed E-state index contributed by atoms with van der Waals surface area (Å²) in [7, 11) is 1.70. The number of aromatic nitrogens is 2. The fraction of sp³-hybridized carbons (Fsp3) is 0.571. The van der Waals surface area contributed by atoms with Crippen molar-refractivity contribution in [1.82, 2.24) is 9.97 Å². The number of hydrogen-bond acceptors (Lipinski definition) is 6. The van der Waals surface area contributed by atoms with Crippen LogP contribution in [0.15, 0.2) is 12.4 Å². The molecular formula is C14H21N3O3.